The molecule has 21 heavy (non-hydrogen) atoms. The van der Waals surface area contributed by atoms with Crippen molar-refractivity contribution in [3.63, 3.8) is 0 Å². The summed E-state index contributed by atoms with van der Waals surface area (Å²) in [5, 5.41) is 3.35. The molecule has 1 amide bonds. The van der Waals surface area contributed by atoms with Gasteiger partial charge in [0.2, 0.25) is 0 Å². The van der Waals surface area contributed by atoms with E-state index in [0.717, 1.165) is 11.3 Å². The quantitative estimate of drug-likeness (QED) is 0.659. The number of nitrogens with two attached hydrogens (primary N) is 1. The molecule has 0 heterocycles. The smallest absolute Gasteiger partial charge is 0.251 e. The molecule has 0 fully saturated rings. The number of amides is 1. The highest BCUT2D eigenvalue weighted by molar-refractivity contribution is 6.31. The second-order valence-electron chi connectivity index (χ2n) is 4.63. The number of anilines is 1. The Labute approximate surface area is 128 Å². The number of ether oxygens (including phenoxy) is 1. The van der Waals surface area contributed by atoms with E-state index in [1.165, 1.54) is 0 Å². The van der Waals surface area contributed by atoms with E-state index in [1.54, 1.807) is 36.4 Å². The summed E-state index contributed by atoms with van der Waals surface area (Å²) in [6.45, 7) is 2.67. The van der Waals surface area contributed by atoms with Crippen molar-refractivity contribution in [3.05, 3.63) is 58.6 Å². The van der Waals surface area contributed by atoms with Crippen LogP contribution in [0.2, 0.25) is 5.02 Å². The summed E-state index contributed by atoms with van der Waals surface area (Å²) in [6, 6.07) is 12.4. The summed E-state index contributed by atoms with van der Waals surface area (Å²) < 4.78 is 5.50. The molecule has 0 aromatic heterocycles. The van der Waals surface area contributed by atoms with Gasteiger partial charge in [-0.25, -0.2) is 0 Å². The van der Waals surface area contributed by atoms with E-state index in [4.69, 9.17) is 22.1 Å². The largest absolute Gasteiger partial charge is 0.492 e. The van der Waals surface area contributed by atoms with Gasteiger partial charge in [0.1, 0.15) is 12.4 Å². The first-order valence-corrected chi connectivity index (χ1v) is 6.97. The molecule has 0 radical (unpaired) electrons. The second-order valence-corrected chi connectivity index (χ2v) is 5.07. The zero-order valence-corrected chi connectivity index (χ0v) is 12.5. The zero-order valence-electron chi connectivity index (χ0n) is 11.7. The lowest BCUT2D eigenvalue weighted by Gasteiger charge is -2.09. The first-order chi connectivity index (χ1) is 10.1. The van der Waals surface area contributed by atoms with E-state index < -0.39 is 0 Å². The molecular weight excluding hydrogens is 288 g/mol. The number of carbonyl (C=O) groups is 1. The monoisotopic (exact) mass is 304 g/mol. The molecule has 0 aliphatic rings. The average molecular weight is 305 g/mol. The zero-order chi connectivity index (χ0) is 15.2. The predicted molar refractivity (Wildman–Crippen MR) is 84.9 cm³/mol. The average Bonchev–Trinajstić information content (AvgIpc) is 2.47. The Hall–Kier alpha value is -2.20. The third kappa shape index (κ3) is 4.39. The summed E-state index contributed by atoms with van der Waals surface area (Å²) in [7, 11) is 0. The minimum absolute atomic E-state index is 0.157. The highest BCUT2D eigenvalue weighted by atomic mass is 35.5. The van der Waals surface area contributed by atoms with Crippen LogP contribution in [0.1, 0.15) is 15.9 Å². The van der Waals surface area contributed by atoms with Gasteiger partial charge in [0.15, 0.2) is 0 Å². The molecule has 0 atom stereocenters. The lowest BCUT2D eigenvalue weighted by molar-refractivity contribution is 0.0946. The molecule has 0 saturated heterocycles. The predicted octanol–water partition coefficient (Wildman–Crippen LogP) is 3.04. The summed E-state index contributed by atoms with van der Waals surface area (Å²) in [5.74, 6) is 0.563. The third-order valence-corrected chi connectivity index (χ3v) is 3.22. The molecular formula is C16H17ClN2O2. The first-order valence-electron chi connectivity index (χ1n) is 6.59. The Bertz CT molecular complexity index is 627. The van der Waals surface area contributed by atoms with Gasteiger partial charge in [-0.3, -0.25) is 4.79 Å². The second kappa shape index (κ2) is 6.99. The molecule has 2 aromatic rings. The maximum atomic E-state index is 12.0. The van der Waals surface area contributed by atoms with Gasteiger partial charge in [-0.05, 0) is 48.9 Å². The van der Waals surface area contributed by atoms with Crippen molar-refractivity contribution in [1.82, 2.24) is 5.32 Å². The molecule has 0 aliphatic carbocycles. The van der Waals surface area contributed by atoms with Gasteiger partial charge in [-0.2, -0.15) is 0 Å². The fraction of sp³-hybridized carbons (Fsp3) is 0.188. The molecule has 0 saturated carbocycles. The van der Waals surface area contributed by atoms with E-state index in [-0.39, 0.29) is 5.91 Å². The number of benzene rings is 2. The fourth-order valence-electron chi connectivity index (χ4n) is 1.83. The van der Waals surface area contributed by atoms with Crippen LogP contribution in [0, 0.1) is 6.92 Å². The van der Waals surface area contributed by atoms with Gasteiger partial charge in [-0.15, -0.1) is 0 Å². The standard InChI is InChI=1S/C16H17ClN2O2/c1-11-2-3-12(17)10-15(11)16(20)19-8-9-21-14-6-4-13(18)5-7-14/h2-7,10H,8-9,18H2,1H3,(H,19,20). The van der Waals surface area contributed by atoms with Crippen LogP contribution < -0.4 is 15.8 Å². The van der Waals surface area contributed by atoms with E-state index >= 15 is 0 Å². The molecule has 4 nitrogen and oxygen atoms in total. The maximum Gasteiger partial charge on any atom is 0.251 e. The minimum atomic E-state index is -0.157. The number of hydrogen-bond donors (Lipinski definition) is 2. The van der Waals surface area contributed by atoms with Crippen LogP contribution in [0.15, 0.2) is 42.5 Å². The van der Waals surface area contributed by atoms with Crippen LogP contribution in [0.4, 0.5) is 5.69 Å². The molecule has 110 valence electrons. The van der Waals surface area contributed by atoms with Crippen molar-refractivity contribution in [2.75, 3.05) is 18.9 Å². The lowest BCUT2D eigenvalue weighted by Crippen LogP contribution is -2.28. The van der Waals surface area contributed by atoms with E-state index in [1.807, 2.05) is 13.0 Å². The molecule has 0 bridgehead atoms. The fourth-order valence-corrected chi connectivity index (χ4v) is 2.00. The van der Waals surface area contributed by atoms with Crippen molar-refractivity contribution in [2.24, 2.45) is 0 Å². The number of halogens is 1. The van der Waals surface area contributed by atoms with E-state index in [0.29, 0.717) is 29.4 Å². The Balaban J connectivity index is 1.81. The summed E-state index contributed by atoms with van der Waals surface area (Å²) in [6.07, 6.45) is 0. The number of carbonyl (C=O) groups excluding carboxylic acids is 1. The van der Waals surface area contributed by atoms with Crippen LogP contribution in [0.5, 0.6) is 5.75 Å². The summed E-state index contributed by atoms with van der Waals surface area (Å²) in [4.78, 5) is 12.0. The number of aryl methyl sites for hydroxylation is 1. The Morgan fingerprint density at radius 1 is 1.24 bits per heavy atom. The molecule has 2 rings (SSSR count). The van der Waals surface area contributed by atoms with Crippen LogP contribution in [-0.4, -0.2) is 19.1 Å². The van der Waals surface area contributed by atoms with Gasteiger partial charge >= 0.3 is 0 Å². The molecule has 2 aromatic carbocycles. The Kier molecular flexibility index (Phi) is 5.06. The van der Waals surface area contributed by atoms with Gasteiger partial charge < -0.3 is 15.8 Å². The maximum absolute atomic E-state index is 12.0. The number of rotatable bonds is 5. The molecule has 5 heteroatoms. The van der Waals surface area contributed by atoms with Crippen molar-refractivity contribution in [3.8, 4) is 5.75 Å². The topological polar surface area (TPSA) is 64.3 Å². The van der Waals surface area contributed by atoms with E-state index in [9.17, 15) is 4.79 Å². The van der Waals surface area contributed by atoms with Gasteiger partial charge in [0, 0.05) is 16.3 Å². The van der Waals surface area contributed by atoms with Gasteiger partial charge in [-0.1, -0.05) is 17.7 Å². The van der Waals surface area contributed by atoms with Crippen LogP contribution in [0.3, 0.4) is 0 Å². The Morgan fingerprint density at radius 2 is 1.95 bits per heavy atom. The summed E-state index contributed by atoms with van der Waals surface area (Å²) >= 11 is 5.90. The number of nitrogens with one attached hydrogen (secondary N) is 1. The molecule has 3 N–H and O–H groups in total. The molecule has 0 spiro atoms. The van der Waals surface area contributed by atoms with Crippen LogP contribution >= 0.6 is 11.6 Å². The van der Waals surface area contributed by atoms with Crippen molar-refractivity contribution in [2.45, 2.75) is 6.92 Å². The van der Waals surface area contributed by atoms with Crippen molar-refractivity contribution in [1.29, 1.82) is 0 Å². The highest BCUT2D eigenvalue weighted by Crippen LogP contribution is 2.15. The highest BCUT2D eigenvalue weighted by Gasteiger charge is 2.08. The first kappa shape index (κ1) is 15.2. The van der Waals surface area contributed by atoms with Gasteiger partial charge in [0.05, 0.1) is 6.54 Å². The molecule has 0 unspecified atom stereocenters. The van der Waals surface area contributed by atoms with Crippen molar-refractivity contribution < 1.29 is 9.53 Å². The lowest BCUT2D eigenvalue weighted by atomic mass is 10.1. The van der Waals surface area contributed by atoms with Crippen LogP contribution in [0.25, 0.3) is 0 Å². The SMILES string of the molecule is Cc1ccc(Cl)cc1C(=O)NCCOc1ccc(N)cc1. The van der Waals surface area contributed by atoms with Gasteiger partial charge in [0.25, 0.3) is 5.91 Å². The number of nitrogen functional groups attached to an aromatic ring is 1. The molecule has 0 aliphatic heterocycles. The third-order valence-electron chi connectivity index (χ3n) is 2.98. The van der Waals surface area contributed by atoms with E-state index in [2.05, 4.69) is 5.32 Å². The summed E-state index contributed by atoms with van der Waals surface area (Å²) in [5.41, 5.74) is 7.74. The minimum Gasteiger partial charge on any atom is -0.492 e. The normalized spacial score (nSPS) is 10.2. The number of hydrogen-bond acceptors (Lipinski definition) is 3. The van der Waals surface area contributed by atoms with Crippen molar-refractivity contribution >= 4 is 23.2 Å². The Morgan fingerprint density at radius 3 is 2.67 bits per heavy atom. The van der Waals surface area contributed by atoms with Crippen LogP contribution in [-0.2, 0) is 0 Å².